The lowest BCUT2D eigenvalue weighted by Gasteiger charge is -2.10. The van der Waals surface area contributed by atoms with Gasteiger partial charge in [-0.25, -0.2) is 9.97 Å². The van der Waals surface area contributed by atoms with Crippen LogP contribution in [0.5, 0.6) is 0 Å². The van der Waals surface area contributed by atoms with Crippen molar-refractivity contribution in [3.05, 3.63) is 17.8 Å². The number of nitrogens with zero attached hydrogens (tertiary/aromatic N) is 2. The topological polar surface area (TPSA) is 54.9 Å². The van der Waals surface area contributed by atoms with Gasteiger partial charge in [0.15, 0.2) is 0 Å². The number of carbonyl (C=O) groups excluding carboxylic acids is 1. The summed E-state index contributed by atoms with van der Waals surface area (Å²) < 4.78 is 1.05. The van der Waals surface area contributed by atoms with E-state index in [0.717, 1.165) is 21.7 Å². The van der Waals surface area contributed by atoms with Crippen LogP contribution in [0.3, 0.4) is 0 Å². The van der Waals surface area contributed by atoms with Crippen LogP contribution in [0.25, 0.3) is 10.2 Å². The van der Waals surface area contributed by atoms with Crippen LogP contribution in [0, 0.1) is 0 Å². The number of aromatic nitrogens is 2. The van der Waals surface area contributed by atoms with Gasteiger partial charge in [0.05, 0.1) is 16.0 Å². The average molecular weight is 281 g/mol. The highest BCUT2D eigenvalue weighted by molar-refractivity contribution is 8.00. The van der Waals surface area contributed by atoms with E-state index >= 15 is 0 Å². The van der Waals surface area contributed by atoms with Crippen molar-refractivity contribution in [1.82, 2.24) is 15.3 Å². The summed E-state index contributed by atoms with van der Waals surface area (Å²) in [4.78, 5) is 20.1. The van der Waals surface area contributed by atoms with Gasteiger partial charge in [0, 0.05) is 6.04 Å². The first kappa shape index (κ1) is 13.3. The lowest BCUT2D eigenvalue weighted by atomic mass is 10.3. The Morgan fingerprint density at radius 3 is 3.17 bits per heavy atom. The summed E-state index contributed by atoms with van der Waals surface area (Å²) in [6.07, 6.45) is 2.49. The smallest absolute Gasteiger partial charge is 0.230 e. The molecule has 0 saturated carbocycles. The maximum Gasteiger partial charge on any atom is 0.230 e. The molecule has 2 aromatic heterocycles. The number of carbonyl (C=O) groups is 1. The van der Waals surface area contributed by atoms with Crippen LogP contribution in [0.1, 0.15) is 20.3 Å². The maximum atomic E-state index is 11.7. The Labute approximate surface area is 114 Å². The van der Waals surface area contributed by atoms with E-state index < -0.39 is 0 Å². The van der Waals surface area contributed by atoms with Crippen LogP contribution in [-0.4, -0.2) is 27.7 Å². The first-order chi connectivity index (χ1) is 8.70. The minimum atomic E-state index is 0.0534. The van der Waals surface area contributed by atoms with Gasteiger partial charge in [-0.1, -0.05) is 18.7 Å². The van der Waals surface area contributed by atoms with Crippen LogP contribution in [0.4, 0.5) is 0 Å². The fourth-order valence-corrected chi connectivity index (χ4v) is 3.18. The minimum Gasteiger partial charge on any atom is -0.353 e. The predicted molar refractivity (Wildman–Crippen MR) is 76.0 cm³/mol. The number of amides is 1. The van der Waals surface area contributed by atoms with Crippen LogP contribution in [-0.2, 0) is 4.79 Å². The highest BCUT2D eigenvalue weighted by atomic mass is 32.2. The first-order valence-corrected chi connectivity index (χ1v) is 7.67. The molecule has 18 heavy (non-hydrogen) atoms. The van der Waals surface area contributed by atoms with Crippen molar-refractivity contribution in [3.8, 4) is 0 Å². The Balaban J connectivity index is 1.98. The molecule has 0 aliphatic carbocycles. The fraction of sp³-hybridized carbons (Fsp3) is 0.417. The highest BCUT2D eigenvalue weighted by Crippen LogP contribution is 2.28. The second-order valence-corrected chi connectivity index (χ2v) is 5.86. The van der Waals surface area contributed by atoms with Gasteiger partial charge in [-0.2, -0.15) is 0 Å². The van der Waals surface area contributed by atoms with Gasteiger partial charge in [-0.05, 0) is 24.8 Å². The van der Waals surface area contributed by atoms with Crippen LogP contribution in [0.15, 0.2) is 22.8 Å². The Bertz CT molecular complexity index is 541. The summed E-state index contributed by atoms with van der Waals surface area (Å²) in [5.74, 6) is 0.451. The fourth-order valence-electron chi connectivity index (χ4n) is 1.42. The molecule has 0 spiro atoms. The molecule has 2 aromatic rings. The standard InChI is InChI=1S/C12H15N3OS2/c1-3-8(2)15-10(16)6-18-12-11-9(4-5-17-11)13-7-14-12/h4-5,7-8H,3,6H2,1-2H3,(H,15,16). The number of hydrogen-bond acceptors (Lipinski definition) is 5. The molecule has 0 aliphatic heterocycles. The molecule has 2 rings (SSSR count). The van der Waals surface area contributed by atoms with E-state index in [0.29, 0.717) is 5.75 Å². The van der Waals surface area contributed by atoms with Gasteiger partial charge in [-0.15, -0.1) is 11.3 Å². The van der Waals surface area contributed by atoms with Gasteiger partial charge in [-0.3, -0.25) is 4.79 Å². The van der Waals surface area contributed by atoms with E-state index in [-0.39, 0.29) is 11.9 Å². The molecule has 1 N–H and O–H groups in total. The molecule has 1 amide bonds. The van der Waals surface area contributed by atoms with E-state index in [9.17, 15) is 4.79 Å². The van der Waals surface area contributed by atoms with Crippen molar-refractivity contribution in [2.75, 3.05) is 5.75 Å². The summed E-state index contributed by atoms with van der Waals surface area (Å²) in [6.45, 7) is 4.06. The molecule has 4 nitrogen and oxygen atoms in total. The third-order valence-corrected chi connectivity index (χ3v) is 4.60. The van der Waals surface area contributed by atoms with Crippen molar-refractivity contribution in [2.24, 2.45) is 0 Å². The second kappa shape index (κ2) is 6.15. The van der Waals surface area contributed by atoms with E-state index in [1.165, 1.54) is 11.8 Å². The second-order valence-electron chi connectivity index (χ2n) is 3.98. The third kappa shape index (κ3) is 3.20. The molecule has 0 bridgehead atoms. The van der Waals surface area contributed by atoms with E-state index in [4.69, 9.17) is 0 Å². The predicted octanol–water partition coefficient (Wildman–Crippen LogP) is 2.70. The Morgan fingerprint density at radius 1 is 1.56 bits per heavy atom. The normalized spacial score (nSPS) is 12.6. The van der Waals surface area contributed by atoms with Gasteiger partial charge in [0.2, 0.25) is 5.91 Å². The molecule has 1 unspecified atom stereocenters. The quantitative estimate of drug-likeness (QED) is 0.676. The van der Waals surface area contributed by atoms with E-state index in [1.54, 1.807) is 17.7 Å². The zero-order chi connectivity index (χ0) is 13.0. The number of rotatable bonds is 5. The Morgan fingerprint density at radius 2 is 2.39 bits per heavy atom. The molecule has 0 saturated heterocycles. The van der Waals surface area contributed by atoms with E-state index in [2.05, 4.69) is 22.2 Å². The molecule has 0 aliphatic rings. The van der Waals surface area contributed by atoms with Gasteiger partial charge in [0.1, 0.15) is 11.4 Å². The Hall–Kier alpha value is -1.14. The van der Waals surface area contributed by atoms with Gasteiger partial charge >= 0.3 is 0 Å². The van der Waals surface area contributed by atoms with Gasteiger partial charge < -0.3 is 5.32 Å². The van der Waals surface area contributed by atoms with Crippen molar-refractivity contribution >= 4 is 39.2 Å². The van der Waals surface area contributed by atoms with Crippen molar-refractivity contribution in [2.45, 2.75) is 31.3 Å². The zero-order valence-corrected chi connectivity index (χ0v) is 12.0. The molecule has 0 fully saturated rings. The highest BCUT2D eigenvalue weighted by Gasteiger charge is 2.10. The lowest BCUT2D eigenvalue weighted by molar-refractivity contribution is -0.119. The molecule has 1 atom stereocenters. The molecule has 2 heterocycles. The number of thiophene rings is 1. The average Bonchev–Trinajstić information content (AvgIpc) is 2.84. The monoisotopic (exact) mass is 281 g/mol. The summed E-state index contributed by atoms with van der Waals surface area (Å²) in [5.41, 5.74) is 0.944. The Kier molecular flexibility index (Phi) is 4.54. The van der Waals surface area contributed by atoms with Crippen LogP contribution >= 0.6 is 23.1 Å². The summed E-state index contributed by atoms with van der Waals surface area (Å²) >= 11 is 3.07. The number of hydrogen-bond donors (Lipinski definition) is 1. The molecular formula is C12H15N3OS2. The first-order valence-electron chi connectivity index (χ1n) is 5.81. The largest absolute Gasteiger partial charge is 0.353 e. The van der Waals surface area contributed by atoms with Crippen molar-refractivity contribution in [3.63, 3.8) is 0 Å². The van der Waals surface area contributed by atoms with E-state index in [1.807, 2.05) is 18.4 Å². The number of thioether (sulfide) groups is 1. The van der Waals surface area contributed by atoms with Crippen LogP contribution < -0.4 is 5.32 Å². The zero-order valence-electron chi connectivity index (χ0n) is 10.3. The number of nitrogens with one attached hydrogen (secondary N) is 1. The van der Waals surface area contributed by atoms with Crippen molar-refractivity contribution < 1.29 is 4.79 Å². The van der Waals surface area contributed by atoms with Crippen molar-refractivity contribution in [1.29, 1.82) is 0 Å². The molecule has 96 valence electrons. The number of fused-ring (bicyclic) bond motifs is 1. The van der Waals surface area contributed by atoms with Gasteiger partial charge in [0.25, 0.3) is 0 Å². The maximum absolute atomic E-state index is 11.7. The third-order valence-electron chi connectivity index (χ3n) is 2.57. The summed E-state index contributed by atoms with van der Waals surface area (Å²) in [6, 6.07) is 2.19. The molecule has 0 aromatic carbocycles. The lowest BCUT2D eigenvalue weighted by Crippen LogP contribution is -2.33. The summed E-state index contributed by atoms with van der Waals surface area (Å²) in [5, 5.41) is 5.81. The SMILES string of the molecule is CCC(C)NC(=O)CSc1ncnc2ccsc12. The molecule has 0 radical (unpaired) electrons. The summed E-state index contributed by atoms with van der Waals surface area (Å²) in [7, 11) is 0. The van der Waals surface area contributed by atoms with Crippen LogP contribution in [0.2, 0.25) is 0 Å². The molecule has 6 heteroatoms. The minimum absolute atomic E-state index is 0.0534. The molecular weight excluding hydrogens is 266 g/mol.